The second-order valence-electron chi connectivity index (χ2n) is 6.33. The van der Waals surface area contributed by atoms with Gasteiger partial charge >= 0.3 is 5.97 Å². The summed E-state index contributed by atoms with van der Waals surface area (Å²) < 4.78 is 28.0. The second kappa shape index (κ2) is 8.59. The molecule has 1 atom stereocenters. The van der Waals surface area contributed by atoms with Crippen molar-refractivity contribution in [2.24, 2.45) is 5.73 Å². The largest absolute Gasteiger partial charge is 0.480 e. The molecule has 0 fully saturated rings. The van der Waals surface area contributed by atoms with Crippen molar-refractivity contribution in [3.8, 4) is 11.1 Å². The number of hydrogen-bond donors (Lipinski definition) is 2. The lowest BCUT2D eigenvalue weighted by Gasteiger charge is -2.16. The highest BCUT2D eigenvalue weighted by molar-refractivity contribution is 5.89. The van der Waals surface area contributed by atoms with Crippen LogP contribution in [0.5, 0.6) is 0 Å². The van der Waals surface area contributed by atoms with Gasteiger partial charge in [-0.2, -0.15) is 0 Å². The van der Waals surface area contributed by atoms with E-state index < -0.39 is 23.6 Å². The number of benzene rings is 3. The number of carbonyl (C=O) groups is 1. The SMILES string of the molecule is NC(CC=C(c1ccc(F)cc1F)c1ccccc1-c1ccccc1)C(=O)O. The Balaban J connectivity index is 2.18. The topological polar surface area (TPSA) is 63.3 Å². The van der Waals surface area contributed by atoms with Gasteiger partial charge in [0, 0.05) is 11.6 Å². The predicted octanol–water partition coefficient (Wildman–Crippen LogP) is 4.87. The zero-order valence-electron chi connectivity index (χ0n) is 15.0. The van der Waals surface area contributed by atoms with E-state index in [2.05, 4.69) is 0 Å². The first-order valence-corrected chi connectivity index (χ1v) is 8.76. The van der Waals surface area contributed by atoms with Gasteiger partial charge in [0.05, 0.1) is 0 Å². The number of nitrogens with two attached hydrogens (primary N) is 1. The fraction of sp³-hybridized carbons (Fsp3) is 0.0870. The molecule has 3 rings (SSSR count). The third-order valence-corrected chi connectivity index (χ3v) is 4.42. The van der Waals surface area contributed by atoms with Gasteiger partial charge in [-0.1, -0.05) is 60.7 Å². The smallest absolute Gasteiger partial charge is 0.320 e. The van der Waals surface area contributed by atoms with Gasteiger partial charge < -0.3 is 10.8 Å². The summed E-state index contributed by atoms with van der Waals surface area (Å²) in [7, 11) is 0. The highest BCUT2D eigenvalue weighted by Gasteiger charge is 2.17. The lowest BCUT2D eigenvalue weighted by molar-refractivity contribution is -0.138. The lowest BCUT2D eigenvalue weighted by atomic mass is 9.89. The molecule has 3 aromatic carbocycles. The highest BCUT2D eigenvalue weighted by Crippen LogP contribution is 2.34. The van der Waals surface area contributed by atoms with E-state index in [1.807, 2.05) is 54.6 Å². The third kappa shape index (κ3) is 4.32. The van der Waals surface area contributed by atoms with Crippen molar-refractivity contribution < 1.29 is 18.7 Å². The quantitative estimate of drug-likeness (QED) is 0.643. The molecule has 1 unspecified atom stereocenters. The summed E-state index contributed by atoms with van der Waals surface area (Å²) >= 11 is 0. The minimum absolute atomic E-state index is 0.00457. The molecular formula is C23H19F2NO2. The van der Waals surface area contributed by atoms with Gasteiger partial charge in [0.2, 0.25) is 0 Å². The van der Waals surface area contributed by atoms with Crippen molar-refractivity contribution in [1.82, 2.24) is 0 Å². The van der Waals surface area contributed by atoms with Crippen LogP contribution in [0.3, 0.4) is 0 Å². The molecular weight excluding hydrogens is 360 g/mol. The zero-order chi connectivity index (χ0) is 20.1. The molecule has 0 radical (unpaired) electrons. The Hall–Kier alpha value is -3.31. The van der Waals surface area contributed by atoms with Crippen molar-refractivity contribution in [3.05, 3.63) is 102 Å². The first-order chi connectivity index (χ1) is 13.5. The first kappa shape index (κ1) is 19.5. The van der Waals surface area contributed by atoms with Gasteiger partial charge in [-0.05, 0) is 40.8 Å². The molecule has 0 saturated heterocycles. The number of rotatable bonds is 6. The zero-order valence-corrected chi connectivity index (χ0v) is 15.0. The van der Waals surface area contributed by atoms with Gasteiger partial charge in [0.1, 0.15) is 17.7 Å². The van der Waals surface area contributed by atoms with E-state index in [9.17, 15) is 13.6 Å². The van der Waals surface area contributed by atoms with Gasteiger partial charge in [-0.25, -0.2) is 8.78 Å². The Bertz CT molecular complexity index is 1020. The van der Waals surface area contributed by atoms with E-state index in [0.717, 1.165) is 17.2 Å². The minimum atomic E-state index is -1.15. The van der Waals surface area contributed by atoms with E-state index in [1.165, 1.54) is 12.1 Å². The van der Waals surface area contributed by atoms with Crippen LogP contribution in [0.4, 0.5) is 8.78 Å². The number of hydrogen-bond acceptors (Lipinski definition) is 2. The van der Waals surface area contributed by atoms with Crippen LogP contribution in [-0.4, -0.2) is 17.1 Å². The molecule has 0 heterocycles. The van der Waals surface area contributed by atoms with Gasteiger partial charge in [-0.3, -0.25) is 4.79 Å². The number of carboxylic acids is 1. The van der Waals surface area contributed by atoms with Crippen LogP contribution < -0.4 is 5.73 Å². The highest BCUT2D eigenvalue weighted by atomic mass is 19.1. The van der Waals surface area contributed by atoms with E-state index in [1.54, 1.807) is 6.08 Å². The predicted molar refractivity (Wildman–Crippen MR) is 106 cm³/mol. The monoisotopic (exact) mass is 379 g/mol. The van der Waals surface area contributed by atoms with E-state index in [0.29, 0.717) is 11.1 Å². The molecule has 0 amide bonds. The summed E-state index contributed by atoms with van der Waals surface area (Å²) in [6.45, 7) is 0. The van der Waals surface area contributed by atoms with Crippen LogP contribution in [0.15, 0.2) is 78.9 Å². The Kier molecular flexibility index (Phi) is 5.96. The van der Waals surface area contributed by atoms with E-state index in [-0.39, 0.29) is 12.0 Å². The van der Waals surface area contributed by atoms with Gasteiger partial charge in [0.25, 0.3) is 0 Å². The van der Waals surface area contributed by atoms with Gasteiger partial charge in [0.15, 0.2) is 0 Å². The normalized spacial score (nSPS) is 12.6. The van der Waals surface area contributed by atoms with Crippen LogP contribution >= 0.6 is 0 Å². The third-order valence-electron chi connectivity index (χ3n) is 4.42. The van der Waals surface area contributed by atoms with E-state index >= 15 is 0 Å². The molecule has 0 aliphatic heterocycles. The summed E-state index contributed by atoms with van der Waals surface area (Å²) in [5.41, 5.74) is 8.76. The lowest BCUT2D eigenvalue weighted by Crippen LogP contribution is -2.29. The standard InChI is InChI=1S/C23H19F2NO2/c24-16-10-11-20(21(25)14-16)19(12-13-22(26)23(27)28)18-9-5-4-8-17(18)15-6-2-1-3-7-15/h1-12,14,22H,13,26H2,(H,27,28). The van der Waals surface area contributed by atoms with Crippen LogP contribution in [0.1, 0.15) is 17.5 Å². The van der Waals surface area contributed by atoms with Crippen LogP contribution in [0.25, 0.3) is 16.7 Å². The Morgan fingerprint density at radius 1 is 0.964 bits per heavy atom. The van der Waals surface area contributed by atoms with Crippen LogP contribution in [0.2, 0.25) is 0 Å². The average molecular weight is 379 g/mol. The molecule has 0 aliphatic carbocycles. The van der Waals surface area contributed by atoms with Crippen LogP contribution in [-0.2, 0) is 4.79 Å². The van der Waals surface area contributed by atoms with Crippen molar-refractivity contribution >= 4 is 11.5 Å². The number of halogens is 2. The second-order valence-corrected chi connectivity index (χ2v) is 6.33. The maximum Gasteiger partial charge on any atom is 0.320 e. The summed E-state index contributed by atoms with van der Waals surface area (Å²) in [5.74, 6) is -2.55. The summed E-state index contributed by atoms with van der Waals surface area (Å²) in [6, 6.07) is 19.2. The number of carboxylic acid groups (broad SMARTS) is 1. The van der Waals surface area contributed by atoms with E-state index in [4.69, 9.17) is 10.8 Å². The van der Waals surface area contributed by atoms with Crippen molar-refractivity contribution in [2.45, 2.75) is 12.5 Å². The fourth-order valence-electron chi connectivity index (χ4n) is 3.01. The molecule has 3 nitrogen and oxygen atoms in total. The summed E-state index contributed by atoms with van der Waals surface area (Å²) in [4.78, 5) is 11.1. The van der Waals surface area contributed by atoms with Gasteiger partial charge in [-0.15, -0.1) is 0 Å². The molecule has 3 N–H and O–H groups in total. The van der Waals surface area contributed by atoms with Crippen molar-refractivity contribution in [2.75, 3.05) is 0 Å². The van der Waals surface area contributed by atoms with Crippen LogP contribution in [0, 0.1) is 11.6 Å². The first-order valence-electron chi connectivity index (χ1n) is 8.76. The molecule has 0 spiro atoms. The Labute approximate surface area is 161 Å². The summed E-state index contributed by atoms with van der Waals surface area (Å²) in [5, 5.41) is 9.08. The summed E-state index contributed by atoms with van der Waals surface area (Å²) in [6.07, 6.45) is 1.60. The molecule has 0 aromatic heterocycles. The Morgan fingerprint density at radius 2 is 1.64 bits per heavy atom. The molecule has 142 valence electrons. The molecule has 5 heteroatoms. The maximum absolute atomic E-state index is 14.6. The molecule has 3 aromatic rings. The van der Waals surface area contributed by atoms with Crippen molar-refractivity contribution in [1.29, 1.82) is 0 Å². The molecule has 0 aliphatic rings. The maximum atomic E-state index is 14.6. The average Bonchev–Trinajstić information content (AvgIpc) is 2.70. The fourth-order valence-corrected chi connectivity index (χ4v) is 3.01. The Morgan fingerprint density at radius 3 is 2.32 bits per heavy atom. The molecule has 0 bridgehead atoms. The minimum Gasteiger partial charge on any atom is -0.480 e. The molecule has 0 saturated carbocycles. The molecule has 28 heavy (non-hydrogen) atoms. The number of aliphatic carboxylic acids is 1. The van der Waals surface area contributed by atoms with Crippen molar-refractivity contribution in [3.63, 3.8) is 0 Å².